The van der Waals surface area contributed by atoms with Crippen molar-refractivity contribution < 1.29 is 19.0 Å². The smallest absolute Gasteiger partial charge is 0.304 e. The summed E-state index contributed by atoms with van der Waals surface area (Å²) < 4.78 is 6.86. The highest BCUT2D eigenvalue weighted by Gasteiger charge is 2.47. The van der Waals surface area contributed by atoms with Gasteiger partial charge >= 0.3 is 5.91 Å². The number of nitrogens with one attached hydrogen (secondary N) is 2. The molecule has 0 radical (unpaired) electrons. The molecule has 2 amide bonds. The number of benzene rings is 3. The number of hydrazine groups is 1. The molecule has 1 aliphatic heterocycles. The first-order valence-corrected chi connectivity index (χ1v) is 10.1. The van der Waals surface area contributed by atoms with Gasteiger partial charge in [-0.3, -0.25) is 9.59 Å². The van der Waals surface area contributed by atoms with E-state index in [9.17, 15) is 9.59 Å². The van der Waals surface area contributed by atoms with Crippen molar-refractivity contribution in [2.75, 3.05) is 7.11 Å². The quantitative estimate of drug-likeness (QED) is 0.605. The Labute approximate surface area is 185 Å². The molecule has 156 valence electrons. The molecule has 2 atom stereocenters. The normalized spacial score (nSPS) is 19.2. The van der Waals surface area contributed by atoms with E-state index in [0.29, 0.717) is 16.3 Å². The fraction of sp³-hybridized carbons (Fsp3) is 0.125. The van der Waals surface area contributed by atoms with Crippen LogP contribution in [0.15, 0.2) is 78.9 Å². The van der Waals surface area contributed by atoms with Crippen molar-refractivity contribution in [3.8, 4) is 5.75 Å². The van der Waals surface area contributed by atoms with Crippen LogP contribution in [0.2, 0.25) is 5.02 Å². The number of halogens is 1. The summed E-state index contributed by atoms with van der Waals surface area (Å²) in [4.78, 5) is 25.7. The standard InChI is InChI=1S/C24H20ClN3O3/c1-31-20-13-9-18(10-14-20)23(29)26-21-22(17-7-11-19(25)12-8-17)28(27-24(21)30)15-16-5-3-2-4-6-16/h2-15,21-22H,1H3,(H-,26,27,29,30)/p+1/b28-15-/t21-,22+/m1/s1. The Balaban J connectivity index is 1.67. The molecule has 3 aromatic rings. The van der Waals surface area contributed by atoms with E-state index in [4.69, 9.17) is 16.3 Å². The van der Waals surface area contributed by atoms with Crippen LogP contribution >= 0.6 is 11.6 Å². The summed E-state index contributed by atoms with van der Waals surface area (Å²) in [6.45, 7) is 0. The maximum Gasteiger partial charge on any atom is 0.304 e. The first kappa shape index (κ1) is 20.6. The minimum atomic E-state index is -0.796. The Morgan fingerprint density at radius 2 is 1.71 bits per heavy atom. The van der Waals surface area contributed by atoms with Gasteiger partial charge in [0.25, 0.3) is 5.91 Å². The molecule has 0 aliphatic carbocycles. The average Bonchev–Trinajstić information content (AvgIpc) is 3.09. The van der Waals surface area contributed by atoms with Gasteiger partial charge in [0.2, 0.25) is 12.3 Å². The fourth-order valence-electron chi connectivity index (χ4n) is 3.51. The van der Waals surface area contributed by atoms with E-state index in [1.54, 1.807) is 48.2 Å². The molecule has 0 saturated carbocycles. The molecule has 4 rings (SSSR count). The van der Waals surface area contributed by atoms with Crippen molar-refractivity contribution in [2.24, 2.45) is 0 Å². The van der Waals surface area contributed by atoms with E-state index in [1.807, 2.05) is 48.7 Å². The minimum Gasteiger partial charge on any atom is -0.497 e. The second-order valence-electron chi connectivity index (χ2n) is 7.10. The van der Waals surface area contributed by atoms with E-state index in [0.717, 1.165) is 11.1 Å². The minimum absolute atomic E-state index is 0.297. The summed E-state index contributed by atoms with van der Waals surface area (Å²) in [7, 11) is 1.56. The van der Waals surface area contributed by atoms with Crippen molar-refractivity contribution in [1.29, 1.82) is 0 Å². The van der Waals surface area contributed by atoms with Crippen LogP contribution < -0.4 is 15.5 Å². The highest BCUT2D eigenvalue weighted by Crippen LogP contribution is 2.27. The Morgan fingerprint density at radius 1 is 1.03 bits per heavy atom. The summed E-state index contributed by atoms with van der Waals surface area (Å²) in [5, 5.41) is 3.47. The maximum absolute atomic E-state index is 12.9. The number of nitrogens with zero attached hydrogens (tertiary/aromatic N) is 1. The number of hydrogen-bond acceptors (Lipinski definition) is 3. The third kappa shape index (κ3) is 4.59. The van der Waals surface area contributed by atoms with E-state index in [1.165, 1.54) is 0 Å². The molecule has 1 aliphatic rings. The number of carbonyl (C=O) groups is 2. The van der Waals surface area contributed by atoms with E-state index in [-0.39, 0.29) is 11.8 Å². The van der Waals surface area contributed by atoms with Crippen LogP contribution in [0, 0.1) is 0 Å². The van der Waals surface area contributed by atoms with Gasteiger partial charge in [0.15, 0.2) is 6.04 Å². The van der Waals surface area contributed by atoms with Crippen LogP contribution in [-0.2, 0) is 4.79 Å². The topological polar surface area (TPSA) is 70.4 Å². The molecule has 3 aromatic carbocycles. The number of hydrazone groups is 1. The number of ether oxygens (including phenoxy) is 1. The molecule has 31 heavy (non-hydrogen) atoms. The summed E-state index contributed by atoms with van der Waals surface area (Å²) in [6.07, 6.45) is 1.84. The molecular weight excluding hydrogens is 414 g/mol. The Kier molecular flexibility index (Phi) is 6.00. The van der Waals surface area contributed by atoms with Gasteiger partial charge in [0.1, 0.15) is 5.75 Å². The van der Waals surface area contributed by atoms with Gasteiger partial charge in [-0.25, -0.2) is 0 Å². The number of hydrogen-bond donors (Lipinski definition) is 2. The highest BCUT2D eigenvalue weighted by molar-refractivity contribution is 6.30. The third-order valence-corrected chi connectivity index (χ3v) is 5.33. The van der Waals surface area contributed by atoms with Crippen LogP contribution in [0.3, 0.4) is 0 Å². The molecule has 0 spiro atoms. The zero-order chi connectivity index (χ0) is 21.8. The average molecular weight is 435 g/mol. The van der Waals surface area contributed by atoms with Gasteiger partial charge in [0.05, 0.1) is 7.11 Å². The molecule has 6 nitrogen and oxygen atoms in total. The van der Waals surface area contributed by atoms with Gasteiger partial charge < -0.3 is 10.1 Å². The SMILES string of the molecule is COc1ccc(C(=O)N[C@H]2C(=O)N/[N+](=C\c3ccccc3)[C@H]2c2ccc(Cl)cc2)cc1. The fourth-order valence-corrected chi connectivity index (χ4v) is 3.63. The lowest BCUT2D eigenvalue weighted by Gasteiger charge is -2.15. The Hall–Kier alpha value is -3.64. The molecule has 1 heterocycles. The largest absolute Gasteiger partial charge is 0.497 e. The molecule has 0 unspecified atom stereocenters. The lowest BCUT2D eigenvalue weighted by Crippen LogP contribution is -2.42. The predicted octanol–water partition coefficient (Wildman–Crippen LogP) is 3.36. The van der Waals surface area contributed by atoms with Gasteiger partial charge in [-0.1, -0.05) is 41.9 Å². The van der Waals surface area contributed by atoms with Crippen molar-refractivity contribution in [3.63, 3.8) is 0 Å². The second kappa shape index (κ2) is 9.02. The molecular formula is C24H21ClN3O3+. The predicted molar refractivity (Wildman–Crippen MR) is 118 cm³/mol. The zero-order valence-corrected chi connectivity index (χ0v) is 17.5. The van der Waals surface area contributed by atoms with Crippen molar-refractivity contribution in [3.05, 3.63) is 101 Å². The van der Waals surface area contributed by atoms with Crippen LogP contribution in [0.1, 0.15) is 27.5 Å². The maximum atomic E-state index is 12.9. The molecule has 1 fully saturated rings. The number of amides is 2. The molecule has 0 bridgehead atoms. The van der Waals surface area contributed by atoms with Crippen molar-refractivity contribution in [1.82, 2.24) is 10.7 Å². The van der Waals surface area contributed by atoms with Crippen LogP contribution in [0.25, 0.3) is 0 Å². The monoisotopic (exact) mass is 434 g/mol. The van der Waals surface area contributed by atoms with E-state index in [2.05, 4.69) is 10.7 Å². The molecule has 1 saturated heterocycles. The Bertz CT molecular complexity index is 1110. The number of carbonyl (C=O) groups excluding carboxylic acids is 2. The van der Waals surface area contributed by atoms with Gasteiger partial charge in [0, 0.05) is 21.7 Å². The number of rotatable bonds is 5. The third-order valence-electron chi connectivity index (χ3n) is 5.08. The lowest BCUT2D eigenvalue weighted by molar-refractivity contribution is -0.596. The first-order chi connectivity index (χ1) is 15.0. The second-order valence-corrected chi connectivity index (χ2v) is 7.54. The summed E-state index contributed by atoms with van der Waals surface area (Å²) >= 11 is 6.05. The molecule has 7 heteroatoms. The molecule has 2 N–H and O–H groups in total. The van der Waals surface area contributed by atoms with Gasteiger partial charge in [-0.05, 0) is 48.5 Å². The highest BCUT2D eigenvalue weighted by atomic mass is 35.5. The van der Waals surface area contributed by atoms with E-state index >= 15 is 0 Å². The van der Waals surface area contributed by atoms with Gasteiger partial charge in [-0.2, -0.15) is 0 Å². The zero-order valence-electron chi connectivity index (χ0n) is 16.8. The van der Waals surface area contributed by atoms with Crippen LogP contribution in [0.5, 0.6) is 5.75 Å². The van der Waals surface area contributed by atoms with Crippen LogP contribution in [0.4, 0.5) is 0 Å². The first-order valence-electron chi connectivity index (χ1n) is 9.74. The van der Waals surface area contributed by atoms with Crippen LogP contribution in [-0.4, -0.2) is 35.9 Å². The Morgan fingerprint density at radius 3 is 2.35 bits per heavy atom. The van der Waals surface area contributed by atoms with Crippen molar-refractivity contribution >= 4 is 29.6 Å². The van der Waals surface area contributed by atoms with Crippen molar-refractivity contribution in [2.45, 2.75) is 12.1 Å². The van der Waals surface area contributed by atoms with Gasteiger partial charge in [-0.15, -0.1) is 10.1 Å². The lowest BCUT2D eigenvalue weighted by atomic mass is 9.99. The summed E-state index contributed by atoms with van der Waals surface area (Å²) in [5.41, 5.74) is 5.06. The summed E-state index contributed by atoms with van der Waals surface area (Å²) in [5.74, 6) is 0.00940. The molecule has 0 aromatic heterocycles. The van der Waals surface area contributed by atoms with E-state index < -0.39 is 12.1 Å². The summed E-state index contributed by atoms with van der Waals surface area (Å²) in [6, 6.07) is 22.4. The number of methoxy groups -OCH3 is 1.